The first kappa shape index (κ1) is 20.6. The molecule has 0 atom stereocenters. The van der Waals surface area contributed by atoms with Crippen LogP contribution in [0.4, 0.5) is 18.0 Å². The summed E-state index contributed by atoms with van der Waals surface area (Å²) in [5.41, 5.74) is 0.567. The van der Waals surface area contributed by atoms with Crippen LogP contribution in [0.5, 0.6) is 0 Å². The summed E-state index contributed by atoms with van der Waals surface area (Å²) in [6.07, 6.45) is -4.00. The van der Waals surface area contributed by atoms with E-state index in [9.17, 15) is 27.6 Å². The molecule has 3 N–H and O–H groups in total. The van der Waals surface area contributed by atoms with Gasteiger partial charge in [0.1, 0.15) is 6.54 Å². The fourth-order valence-electron chi connectivity index (χ4n) is 2.01. The third-order valence-corrected chi connectivity index (χ3v) is 4.20. The molecule has 0 saturated carbocycles. The minimum absolute atomic E-state index is 0.238. The predicted octanol–water partition coefficient (Wildman–Crippen LogP) is 1.29. The summed E-state index contributed by atoms with van der Waals surface area (Å²) in [6, 6.07) is 8.18. The molecule has 2 aromatic rings. The Morgan fingerprint density at radius 3 is 2.59 bits per heavy atom. The zero-order valence-corrected chi connectivity index (χ0v) is 14.7. The Hall–Kier alpha value is -2.76. The number of thioether (sulfide) groups is 1. The minimum atomic E-state index is -4.57. The zero-order chi connectivity index (χ0) is 19.9. The maximum absolute atomic E-state index is 12.0. The number of halogens is 3. The highest BCUT2D eigenvalue weighted by molar-refractivity contribution is 7.99. The molecule has 1 heterocycles. The van der Waals surface area contributed by atoms with Gasteiger partial charge in [0.15, 0.2) is 5.16 Å². The third-order valence-electron chi connectivity index (χ3n) is 3.22. The third kappa shape index (κ3) is 7.17. The molecule has 0 radical (unpaired) electrons. The van der Waals surface area contributed by atoms with Gasteiger partial charge in [0.2, 0.25) is 5.91 Å². The summed E-state index contributed by atoms with van der Waals surface area (Å²) in [4.78, 5) is 34.7. The molecule has 12 heteroatoms. The van der Waals surface area contributed by atoms with Crippen LogP contribution in [0.1, 0.15) is 5.56 Å². The van der Waals surface area contributed by atoms with Crippen molar-refractivity contribution in [2.75, 3.05) is 12.3 Å². The van der Waals surface area contributed by atoms with Crippen molar-refractivity contribution in [2.45, 2.75) is 24.3 Å². The van der Waals surface area contributed by atoms with Gasteiger partial charge in [-0.2, -0.15) is 13.2 Å². The number of aromatic amines is 1. The van der Waals surface area contributed by atoms with Crippen LogP contribution in [0.3, 0.4) is 0 Å². The summed E-state index contributed by atoms with van der Waals surface area (Å²) < 4.78 is 37.3. The number of aryl methyl sites for hydroxylation is 1. The molecule has 1 aromatic carbocycles. The normalized spacial score (nSPS) is 11.2. The van der Waals surface area contributed by atoms with Crippen LogP contribution in [0.2, 0.25) is 0 Å². The number of amides is 3. The fourth-order valence-corrected chi connectivity index (χ4v) is 2.79. The summed E-state index contributed by atoms with van der Waals surface area (Å²) >= 11 is 0.883. The standard InChI is InChI=1S/C15H16F3N5O3S/c16-15(17,18)9-19-12(25)20-11(24)8-27-14-22-21-13(26)23(14)7-6-10-4-2-1-3-5-10/h1-5H,6-9H2,(H,21,26)(H2,19,20,24,25). The van der Waals surface area contributed by atoms with Crippen LogP contribution in [-0.2, 0) is 17.8 Å². The van der Waals surface area contributed by atoms with E-state index in [1.165, 1.54) is 9.88 Å². The van der Waals surface area contributed by atoms with Crippen LogP contribution in [0, 0.1) is 0 Å². The maximum atomic E-state index is 12.0. The van der Waals surface area contributed by atoms with Crippen LogP contribution >= 0.6 is 11.8 Å². The number of urea groups is 1. The molecule has 1 aromatic heterocycles. The van der Waals surface area contributed by atoms with Crippen molar-refractivity contribution < 1.29 is 22.8 Å². The molecule has 0 unspecified atom stereocenters. The Kier molecular flexibility index (Phi) is 7.05. The van der Waals surface area contributed by atoms with Gasteiger partial charge in [-0.3, -0.25) is 14.7 Å². The summed E-state index contributed by atoms with van der Waals surface area (Å²) in [6.45, 7) is -1.22. The summed E-state index contributed by atoms with van der Waals surface area (Å²) in [7, 11) is 0. The molecule has 8 nitrogen and oxygen atoms in total. The molecular formula is C15H16F3N5O3S. The molecule has 0 saturated heterocycles. The SMILES string of the molecule is O=C(CSc1n[nH]c(=O)n1CCc1ccccc1)NC(=O)NCC(F)(F)F. The van der Waals surface area contributed by atoms with Gasteiger partial charge in [0.05, 0.1) is 5.75 Å². The van der Waals surface area contributed by atoms with Gasteiger partial charge >= 0.3 is 17.9 Å². The van der Waals surface area contributed by atoms with Crippen molar-refractivity contribution in [2.24, 2.45) is 0 Å². The quantitative estimate of drug-likeness (QED) is 0.604. The van der Waals surface area contributed by atoms with Crippen molar-refractivity contribution in [1.29, 1.82) is 0 Å². The molecule has 146 valence electrons. The monoisotopic (exact) mass is 403 g/mol. The number of carbonyl (C=O) groups excluding carboxylic acids is 2. The Morgan fingerprint density at radius 1 is 1.22 bits per heavy atom. The van der Waals surface area contributed by atoms with Crippen molar-refractivity contribution >= 4 is 23.7 Å². The van der Waals surface area contributed by atoms with E-state index < -0.39 is 30.3 Å². The lowest BCUT2D eigenvalue weighted by Crippen LogP contribution is -2.44. The number of H-pyrrole nitrogens is 1. The number of rotatable bonds is 7. The van der Waals surface area contributed by atoms with Crippen molar-refractivity contribution in [3.63, 3.8) is 0 Å². The molecule has 0 aliphatic rings. The van der Waals surface area contributed by atoms with Crippen LogP contribution in [0.15, 0.2) is 40.3 Å². The number of carbonyl (C=O) groups is 2. The Morgan fingerprint density at radius 2 is 1.93 bits per heavy atom. The average Bonchev–Trinajstić information content (AvgIpc) is 2.96. The van der Waals surface area contributed by atoms with E-state index in [0.717, 1.165) is 17.3 Å². The average molecular weight is 403 g/mol. The Balaban J connectivity index is 1.84. The summed E-state index contributed by atoms with van der Waals surface area (Å²) in [5, 5.41) is 9.62. The molecule has 0 fully saturated rings. The summed E-state index contributed by atoms with van der Waals surface area (Å²) in [5.74, 6) is -1.11. The van der Waals surface area contributed by atoms with E-state index in [-0.39, 0.29) is 10.9 Å². The highest BCUT2D eigenvalue weighted by atomic mass is 32.2. The zero-order valence-electron chi connectivity index (χ0n) is 13.9. The van der Waals surface area contributed by atoms with Gasteiger partial charge in [0.25, 0.3) is 0 Å². The molecule has 0 bridgehead atoms. The van der Waals surface area contributed by atoms with Crippen LogP contribution in [-0.4, -0.2) is 45.2 Å². The minimum Gasteiger partial charge on any atom is -0.329 e. The number of hydrogen-bond acceptors (Lipinski definition) is 5. The lowest BCUT2D eigenvalue weighted by Gasteiger charge is -2.09. The second-order valence-electron chi connectivity index (χ2n) is 5.33. The van der Waals surface area contributed by atoms with E-state index in [2.05, 4.69) is 10.2 Å². The molecule has 3 amide bonds. The molecule has 27 heavy (non-hydrogen) atoms. The number of benzene rings is 1. The van der Waals surface area contributed by atoms with Gasteiger partial charge in [-0.15, -0.1) is 5.10 Å². The van der Waals surface area contributed by atoms with Gasteiger partial charge in [0, 0.05) is 6.54 Å². The number of nitrogens with one attached hydrogen (secondary N) is 3. The largest absolute Gasteiger partial charge is 0.405 e. The highest BCUT2D eigenvalue weighted by Crippen LogP contribution is 2.14. The van der Waals surface area contributed by atoms with E-state index in [4.69, 9.17) is 0 Å². The second-order valence-corrected chi connectivity index (χ2v) is 6.28. The fraction of sp³-hybridized carbons (Fsp3) is 0.333. The first-order chi connectivity index (χ1) is 12.7. The van der Waals surface area contributed by atoms with Crippen molar-refractivity contribution in [3.8, 4) is 0 Å². The Bertz CT molecular complexity index is 835. The van der Waals surface area contributed by atoms with E-state index >= 15 is 0 Å². The van der Waals surface area contributed by atoms with Crippen LogP contribution in [0.25, 0.3) is 0 Å². The number of nitrogens with zero attached hydrogens (tertiary/aromatic N) is 2. The lowest BCUT2D eigenvalue weighted by molar-refractivity contribution is -0.124. The molecular weight excluding hydrogens is 387 g/mol. The Labute approximate surface area is 155 Å². The molecule has 0 spiro atoms. The van der Waals surface area contributed by atoms with Crippen LogP contribution < -0.4 is 16.3 Å². The second kappa shape index (κ2) is 9.26. The number of aromatic nitrogens is 3. The number of alkyl halides is 3. The van der Waals surface area contributed by atoms with Gasteiger partial charge in [-0.25, -0.2) is 14.7 Å². The van der Waals surface area contributed by atoms with Gasteiger partial charge < -0.3 is 5.32 Å². The number of imide groups is 1. The van der Waals surface area contributed by atoms with Gasteiger partial charge in [-0.1, -0.05) is 42.1 Å². The predicted molar refractivity (Wildman–Crippen MR) is 91.3 cm³/mol. The van der Waals surface area contributed by atoms with Crippen molar-refractivity contribution in [3.05, 3.63) is 46.4 Å². The van der Waals surface area contributed by atoms with E-state index in [0.29, 0.717) is 13.0 Å². The maximum Gasteiger partial charge on any atom is 0.405 e. The molecule has 0 aliphatic carbocycles. The van der Waals surface area contributed by atoms with E-state index in [1.54, 1.807) is 5.32 Å². The lowest BCUT2D eigenvalue weighted by atomic mass is 10.1. The van der Waals surface area contributed by atoms with Gasteiger partial charge in [-0.05, 0) is 12.0 Å². The molecule has 2 rings (SSSR count). The highest BCUT2D eigenvalue weighted by Gasteiger charge is 2.28. The topological polar surface area (TPSA) is 109 Å². The van der Waals surface area contributed by atoms with E-state index in [1.807, 2.05) is 30.3 Å². The van der Waals surface area contributed by atoms with Crippen molar-refractivity contribution in [1.82, 2.24) is 25.4 Å². The molecule has 0 aliphatic heterocycles. The first-order valence-electron chi connectivity index (χ1n) is 7.71. The number of hydrogen-bond donors (Lipinski definition) is 3. The smallest absolute Gasteiger partial charge is 0.329 e. The first-order valence-corrected chi connectivity index (χ1v) is 8.69.